The van der Waals surface area contributed by atoms with Crippen molar-refractivity contribution in [3.05, 3.63) is 66.0 Å². The summed E-state index contributed by atoms with van der Waals surface area (Å²) in [5.74, 6) is 1.26. The highest BCUT2D eigenvalue weighted by Crippen LogP contribution is 2.32. The van der Waals surface area contributed by atoms with Gasteiger partial charge in [-0.1, -0.05) is 6.07 Å². The summed E-state index contributed by atoms with van der Waals surface area (Å²) in [5, 5.41) is 11.4. The first-order chi connectivity index (χ1) is 16.7. The van der Waals surface area contributed by atoms with Crippen molar-refractivity contribution < 1.29 is 19.0 Å². The second-order valence-electron chi connectivity index (χ2n) is 8.31. The van der Waals surface area contributed by atoms with E-state index in [-0.39, 0.29) is 12.0 Å². The van der Waals surface area contributed by atoms with Crippen LogP contribution in [0.5, 0.6) is 11.6 Å². The monoisotopic (exact) mass is 461 g/mol. The van der Waals surface area contributed by atoms with Gasteiger partial charge in [0.15, 0.2) is 0 Å². The molecule has 5 rings (SSSR count). The molecule has 0 aliphatic carbocycles. The highest BCUT2D eigenvalue weighted by molar-refractivity contribution is 5.83. The van der Waals surface area contributed by atoms with E-state index in [1.165, 1.54) is 0 Å². The van der Waals surface area contributed by atoms with Crippen molar-refractivity contribution >= 4 is 5.91 Å². The van der Waals surface area contributed by atoms with E-state index in [1.807, 2.05) is 30.3 Å². The summed E-state index contributed by atoms with van der Waals surface area (Å²) < 4.78 is 16.7. The fourth-order valence-corrected chi connectivity index (χ4v) is 4.39. The molecule has 0 bridgehead atoms. The Balaban J connectivity index is 1.23. The number of nitrogens with one attached hydrogen (secondary N) is 1. The normalized spacial score (nSPS) is 18.6. The summed E-state index contributed by atoms with van der Waals surface area (Å²) in [7, 11) is 1.56. The van der Waals surface area contributed by atoms with Gasteiger partial charge in [0.2, 0.25) is 11.8 Å². The van der Waals surface area contributed by atoms with Crippen molar-refractivity contribution in [1.82, 2.24) is 25.4 Å². The van der Waals surface area contributed by atoms with Crippen LogP contribution in [0.2, 0.25) is 0 Å². The van der Waals surface area contributed by atoms with Gasteiger partial charge < -0.3 is 19.5 Å². The average Bonchev–Trinajstić information content (AvgIpc) is 3.31. The van der Waals surface area contributed by atoms with Crippen LogP contribution in [0.1, 0.15) is 17.2 Å². The van der Waals surface area contributed by atoms with E-state index in [0.29, 0.717) is 45.1 Å². The van der Waals surface area contributed by atoms with Crippen molar-refractivity contribution in [1.29, 1.82) is 0 Å². The van der Waals surface area contributed by atoms with Gasteiger partial charge in [-0.2, -0.15) is 0 Å². The van der Waals surface area contributed by atoms with Gasteiger partial charge in [-0.25, -0.2) is 0 Å². The molecular formula is C25H27N5O4. The quantitative estimate of drug-likeness (QED) is 0.571. The molecule has 4 heterocycles. The first-order valence-corrected chi connectivity index (χ1v) is 11.4. The van der Waals surface area contributed by atoms with Gasteiger partial charge in [0, 0.05) is 43.5 Å². The number of pyridine rings is 1. The van der Waals surface area contributed by atoms with E-state index in [9.17, 15) is 4.79 Å². The van der Waals surface area contributed by atoms with E-state index in [0.717, 1.165) is 28.1 Å². The zero-order chi connectivity index (χ0) is 23.3. The molecule has 1 aromatic carbocycles. The van der Waals surface area contributed by atoms with E-state index in [2.05, 4.69) is 31.5 Å². The van der Waals surface area contributed by atoms with Gasteiger partial charge in [0.1, 0.15) is 17.9 Å². The molecule has 34 heavy (non-hydrogen) atoms. The fraction of sp³-hybridized carbons (Fsp3) is 0.360. The fourth-order valence-electron chi connectivity index (χ4n) is 4.39. The van der Waals surface area contributed by atoms with Gasteiger partial charge in [0.25, 0.3) is 0 Å². The summed E-state index contributed by atoms with van der Waals surface area (Å²) in [4.78, 5) is 19.6. The Hall–Kier alpha value is -3.56. The summed E-state index contributed by atoms with van der Waals surface area (Å²) >= 11 is 0. The summed E-state index contributed by atoms with van der Waals surface area (Å²) in [5.41, 5.74) is 3.70. The van der Waals surface area contributed by atoms with Gasteiger partial charge in [-0.05, 0) is 41.5 Å². The van der Waals surface area contributed by atoms with Crippen molar-refractivity contribution in [3.8, 4) is 22.9 Å². The molecule has 3 aromatic rings. The highest BCUT2D eigenvalue weighted by atomic mass is 16.5. The van der Waals surface area contributed by atoms with E-state index >= 15 is 0 Å². The van der Waals surface area contributed by atoms with Gasteiger partial charge in [-0.3, -0.25) is 14.7 Å². The number of methoxy groups -OCH3 is 1. The van der Waals surface area contributed by atoms with E-state index < -0.39 is 6.04 Å². The van der Waals surface area contributed by atoms with Crippen LogP contribution < -0.4 is 14.8 Å². The lowest BCUT2D eigenvalue weighted by Crippen LogP contribution is -2.47. The van der Waals surface area contributed by atoms with Crippen LogP contribution in [0.25, 0.3) is 11.3 Å². The minimum atomic E-state index is -0.401. The molecule has 1 amide bonds. The van der Waals surface area contributed by atoms with Crippen LogP contribution in [0.15, 0.2) is 54.9 Å². The summed E-state index contributed by atoms with van der Waals surface area (Å²) in [6.07, 6.45) is 4.05. The first-order valence-electron chi connectivity index (χ1n) is 11.4. The number of benzene rings is 1. The zero-order valence-electron chi connectivity index (χ0n) is 19.0. The third-order valence-corrected chi connectivity index (χ3v) is 6.11. The number of aromatic nitrogens is 3. The number of hydrogen-bond donors (Lipinski definition) is 1. The maximum absolute atomic E-state index is 13.3. The molecule has 0 saturated carbocycles. The number of hydrogen-bond acceptors (Lipinski definition) is 8. The number of carbonyl (C=O) groups excluding carboxylic acids is 1. The Morgan fingerprint density at radius 1 is 1.21 bits per heavy atom. The molecule has 0 unspecified atom stereocenters. The van der Waals surface area contributed by atoms with Gasteiger partial charge in [-0.15, -0.1) is 10.2 Å². The summed E-state index contributed by atoms with van der Waals surface area (Å²) in [6.45, 7) is 3.06. The maximum atomic E-state index is 13.3. The number of morpholine rings is 1. The molecule has 176 valence electrons. The molecule has 1 N–H and O–H groups in total. The van der Waals surface area contributed by atoms with Crippen LogP contribution in [0.3, 0.4) is 0 Å². The predicted octanol–water partition coefficient (Wildman–Crippen LogP) is 2.04. The van der Waals surface area contributed by atoms with Crippen LogP contribution in [0.4, 0.5) is 0 Å². The Morgan fingerprint density at radius 2 is 2.09 bits per heavy atom. The lowest BCUT2D eigenvalue weighted by Gasteiger charge is -2.33. The molecule has 2 aliphatic rings. The van der Waals surface area contributed by atoms with Crippen LogP contribution in [-0.2, 0) is 16.0 Å². The van der Waals surface area contributed by atoms with Crippen molar-refractivity contribution in [2.45, 2.75) is 18.6 Å². The number of fused-ring (bicyclic) bond motifs is 1. The molecule has 9 heteroatoms. The summed E-state index contributed by atoms with van der Waals surface area (Å²) in [6, 6.07) is 13.1. The third kappa shape index (κ3) is 4.85. The van der Waals surface area contributed by atoms with Crippen LogP contribution in [0, 0.1) is 0 Å². The maximum Gasteiger partial charge on any atom is 0.242 e. The molecule has 1 fully saturated rings. The smallest absolute Gasteiger partial charge is 0.242 e. The largest absolute Gasteiger partial charge is 0.488 e. The third-order valence-electron chi connectivity index (χ3n) is 6.11. The molecule has 2 atom stereocenters. The lowest BCUT2D eigenvalue weighted by molar-refractivity contribution is -0.128. The number of carbonyl (C=O) groups is 1. The minimum Gasteiger partial charge on any atom is -0.488 e. The van der Waals surface area contributed by atoms with Gasteiger partial charge in [0.05, 0.1) is 32.6 Å². The van der Waals surface area contributed by atoms with E-state index in [1.54, 1.807) is 25.6 Å². The Labute approximate surface area is 198 Å². The van der Waals surface area contributed by atoms with Crippen molar-refractivity contribution in [2.75, 3.05) is 40.0 Å². The topological polar surface area (TPSA) is 98.7 Å². The van der Waals surface area contributed by atoms with E-state index in [4.69, 9.17) is 14.2 Å². The molecule has 2 aliphatic heterocycles. The molecule has 0 radical (unpaired) electrons. The second-order valence-corrected chi connectivity index (χ2v) is 8.31. The Bertz CT molecular complexity index is 1120. The molecular weight excluding hydrogens is 434 g/mol. The number of amides is 1. The van der Waals surface area contributed by atoms with Crippen molar-refractivity contribution in [3.63, 3.8) is 0 Å². The average molecular weight is 462 g/mol. The number of rotatable bonds is 7. The Morgan fingerprint density at radius 3 is 2.82 bits per heavy atom. The van der Waals surface area contributed by atoms with Crippen molar-refractivity contribution in [2.24, 2.45) is 0 Å². The molecule has 1 saturated heterocycles. The SMILES string of the molecule is COc1ccc(-c2ccc3c(c2)C[C@@H](CNC(=O)[C@@H](c2cccnc2)N2CCOCC2)O3)nn1. The highest BCUT2D eigenvalue weighted by Gasteiger charge is 2.31. The second kappa shape index (κ2) is 10.1. The first kappa shape index (κ1) is 22.2. The molecule has 9 nitrogen and oxygen atoms in total. The lowest BCUT2D eigenvalue weighted by atomic mass is 10.0. The van der Waals surface area contributed by atoms with Crippen LogP contribution in [-0.4, -0.2) is 72.1 Å². The standard InChI is InChI=1S/C25H27N5O4/c1-32-23-7-5-21(28-29-23)17-4-6-22-19(13-17)14-20(34-22)16-27-25(31)24(18-3-2-8-26-15-18)30-9-11-33-12-10-30/h2-8,13,15,20,24H,9-12,14,16H2,1H3,(H,27,31)/t20-,24+/m0/s1. The minimum absolute atomic E-state index is 0.0522. The van der Waals surface area contributed by atoms with Gasteiger partial charge >= 0.3 is 0 Å². The Kier molecular flexibility index (Phi) is 6.64. The molecule has 2 aromatic heterocycles. The number of nitrogens with zero attached hydrogens (tertiary/aromatic N) is 4. The zero-order valence-corrected chi connectivity index (χ0v) is 19.0. The van der Waals surface area contributed by atoms with Crippen LogP contribution >= 0.6 is 0 Å². The number of ether oxygens (including phenoxy) is 3. The molecule has 0 spiro atoms. The predicted molar refractivity (Wildman–Crippen MR) is 125 cm³/mol.